The molecule has 6 nitrogen and oxygen atoms in total. The Kier molecular flexibility index (Phi) is 3.68. The van der Waals surface area contributed by atoms with Crippen molar-refractivity contribution in [2.45, 2.75) is 31.8 Å². The standard InChI is InChI=1S/C18H23N3O3/c1-18(2)10-11-8-6-7-9-12(11)14(21(18)5)13-15(22)19(3)17(24)20(4)16(13)23/h6-9,14,22H,10H2,1-5H3/p+1/t14-/m1/s1. The molecule has 0 spiro atoms. The molecule has 0 aliphatic carbocycles. The molecule has 2 N–H and O–H groups in total. The second-order valence-electron chi connectivity index (χ2n) is 7.32. The molecule has 0 saturated heterocycles. The summed E-state index contributed by atoms with van der Waals surface area (Å²) >= 11 is 0. The van der Waals surface area contributed by atoms with Crippen LogP contribution in [0.2, 0.25) is 0 Å². The van der Waals surface area contributed by atoms with Crippen molar-refractivity contribution in [3.05, 3.63) is 61.8 Å². The molecule has 0 amide bonds. The molecule has 0 radical (unpaired) electrons. The number of hydrogen-bond donors (Lipinski definition) is 2. The van der Waals surface area contributed by atoms with Crippen LogP contribution in [-0.4, -0.2) is 26.8 Å². The third kappa shape index (κ3) is 2.21. The van der Waals surface area contributed by atoms with Gasteiger partial charge in [0.15, 0.2) is 6.04 Å². The first-order chi connectivity index (χ1) is 11.2. The van der Waals surface area contributed by atoms with Crippen LogP contribution in [0.15, 0.2) is 33.9 Å². The largest absolute Gasteiger partial charge is 0.494 e. The topological polar surface area (TPSA) is 68.7 Å². The van der Waals surface area contributed by atoms with Crippen LogP contribution in [0.5, 0.6) is 5.88 Å². The summed E-state index contributed by atoms with van der Waals surface area (Å²) in [4.78, 5) is 26.0. The minimum absolute atomic E-state index is 0.106. The number of nitrogens with one attached hydrogen (secondary N) is 1. The van der Waals surface area contributed by atoms with Crippen LogP contribution in [0.1, 0.15) is 36.6 Å². The molecule has 0 saturated carbocycles. The summed E-state index contributed by atoms with van der Waals surface area (Å²) < 4.78 is 2.20. The van der Waals surface area contributed by atoms with Gasteiger partial charge in [0.1, 0.15) is 5.56 Å². The highest BCUT2D eigenvalue weighted by Crippen LogP contribution is 2.31. The Bertz CT molecular complexity index is 924. The normalized spacial score (nSPS) is 22.2. The Balaban J connectivity index is 2.38. The van der Waals surface area contributed by atoms with Gasteiger partial charge >= 0.3 is 5.69 Å². The quantitative estimate of drug-likeness (QED) is 0.756. The van der Waals surface area contributed by atoms with Crippen molar-refractivity contribution in [2.75, 3.05) is 7.05 Å². The van der Waals surface area contributed by atoms with E-state index in [0.717, 1.165) is 26.0 Å². The van der Waals surface area contributed by atoms with E-state index in [1.807, 2.05) is 25.2 Å². The molecule has 6 heteroatoms. The van der Waals surface area contributed by atoms with Gasteiger partial charge in [0.2, 0.25) is 5.88 Å². The van der Waals surface area contributed by atoms with Crippen LogP contribution in [0.4, 0.5) is 0 Å². The third-order valence-corrected chi connectivity index (χ3v) is 5.46. The van der Waals surface area contributed by atoms with Crippen molar-refractivity contribution < 1.29 is 10.0 Å². The fourth-order valence-corrected chi connectivity index (χ4v) is 3.70. The van der Waals surface area contributed by atoms with E-state index in [1.54, 1.807) is 0 Å². The first-order valence-electron chi connectivity index (χ1n) is 8.07. The summed E-state index contributed by atoms with van der Waals surface area (Å²) in [5.74, 6) is -0.250. The Morgan fingerprint density at radius 3 is 2.46 bits per heavy atom. The van der Waals surface area contributed by atoms with E-state index >= 15 is 0 Å². The number of benzene rings is 1. The molecule has 1 aliphatic heterocycles. The molecule has 128 valence electrons. The summed E-state index contributed by atoms with van der Waals surface area (Å²) in [6.45, 7) is 4.30. The molecule has 2 aromatic rings. The number of fused-ring (bicyclic) bond motifs is 1. The highest BCUT2D eigenvalue weighted by atomic mass is 16.3. The predicted molar refractivity (Wildman–Crippen MR) is 91.5 cm³/mol. The number of quaternary nitrogens is 1. The number of rotatable bonds is 1. The lowest BCUT2D eigenvalue weighted by atomic mass is 9.80. The number of aromatic nitrogens is 2. The lowest BCUT2D eigenvalue weighted by molar-refractivity contribution is -0.957. The molecule has 24 heavy (non-hydrogen) atoms. The molecule has 2 atom stereocenters. The van der Waals surface area contributed by atoms with Gasteiger partial charge in [0.05, 0.1) is 12.6 Å². The van der Waals surface area contributed by atoms with Crippen molar-refractivity contribution in [1.82, 2.24) is 9.13 Å². The van der Waals surface area contributed by atoms with Gasteiger partial charge in [-0.3, -0.25) is 13.9 Å². The van der Waals surface area contributed by atoms with Crippen LogP contribution >= 0.6 is 0 Å². The van der Waals surface area contributed by atoms with Gasteiger partial charge < -0.3 is 10.0 Å². The average Bonchev–Trinajstić information content (AvgIpc) is 2.54. The van der Waals surface area contributed by atoms with Gasteiger partial charge in [-0.2, -0.15) is 0 Å². The van der Waals surface area contributed by atoms with Gasteiger partial charge in [-0.05, 0) is 19.4 Å². The highest BCUT2D eigenvalue weighted by Gasteiger charge is 2.44. The fourth-order valence-electron chi connectivity index (χ4n) is 3.70. The van der Waals surface area contributed by atoms with Crippen molar-refractivity contribution in [1.29, 1.82) is 0 Å². The predicted octanol–water partition coefficient (Wildman–Crippen LogP) is -0.272. The summed E-state index contributed by atoms with van der Waals surface area (Å²) in [6.07, 6.45) is 0.887. The summed E-state index contributed by atoms with van der Waals surface area (Å²) in [5.41, 5.74) is 1.41. The average molecular weight is 330 g/mol. The SMILES string of the molecule is Cn1c(O)c([C@H]2c3ccccc3CC(C)(C)[NH+]2C)c(=O)n(C)c1=O. The van der Waals surface area contributed by atoms with Crippen LogP contribution in [0.25, 0.3) is 0 Å². The maximum absolute atomic E-state index is 12.8. The number of likely N-dealkylation sites (N-methyl/N-ethyl adjacent to an activating group) is 1. The summed E-state index contributed by atoms with van der Waals surface area (Å²) in [6, 6.07) is 7.69. The second kappa shape index (κ2) is 5.34. The van der Waals surface area contributed by atoms with E-state index in [2.05, 4.69) is 19.9 Å². The first-order valence-corrected chi connectivity index (χ1v) is 8.07. The van der Waals surface area contributed by atoms with E-state index in [4.69, 9.17) is 0 Å². The van der Waals surface area contributed by atoms with Crippen molar-refractivity contribution in [3.63, 3.8) is 0 Å². The zero-order chi connectivity index (χ0) is 17.8. The van der Waals surface area contributed by atoms with Crippen molar-refractivity contribution >= 4 is 0 Å². The molecule has 1 aromatic carbocycles. The zero-order valence-corrected chi connectivity index (χ0v) is 14.8. The van der Waals surface area contributed by atoms with Crippen LogP contribution < -0.4 is 16.1 Å². The van der Waals surface area contributed by atoms with Crippen molar-refractivity contribution in [2.24, 2.45) is 14.1 Å². The monoisotopic (exact) mass is 330 g/mol. The Morgan fingerprint density at radius 1 is 1.17 bits per heavy atom. The fraction of sp³-hybridized carbons (Fsp3) is 0.444. The first kappa shape index (κ1) is 16.5. The second-order valence-corrected chi connectivity index (χ2v) is 7.32. The smallest absolute Gasteiger partial charge is 0.333 e. The Labute approximate surface area is 140 Å². The number of aromatic hydroxyl groups is 1. The van der Waals surface area contributed by atoms with Crippen LogP contribution in [0, 0.1) is 0 Å². The van der Waals surface area contributed by atoms with Gasteiger partial charge in [-0.15, -0.1) is 0 Å². The van der Waals surface area contributed by atoms with Gasteiger partial charge in [-0.1, -0.05) is 24.3 Å². The molecule has 1 aromatic heterocycles. The van der Waals surface area contributed by atoms with E-state index < -0.39 is 11.2 Å². The maximum atomic E-state index is 12.8. The highest BCUT2D eigenvalue weighted by molar-refractivity contribution is 5.40. The van der Waals surface area contributed by atoms with Crippen LogP contribution in [-0.2, 0) is 20.5 Å². The maximum Gasteiger partial charge on any atom is 0.333 e. The Hall–Kier alpha value is -2.34. The van der Waals surface area contributed by atoms with Gasteiger partial charge in [0, 0.05) is 26.1 Å². The van der Waals surface area contributed by atoms with E-state index in [1.165, 1.54) is 19.7 Å². The molecular formula is C18H24N3O3+. The lowest BCUT2D eigenvalue weighted by Crippen LogP contribution is -3.18. The van der Waals surface area contributed by atoms with E-state index in [9.17, 15) is 14.7 Å². The molecule has 1 unspecified atom stereocenters. The lowest BCUT2D eigenvalue weighted by Gasteiger charge is -2.43. The summed E-state index contributed by atoms with van der Waals surface area (Å²) in [5, 5.41) is 10.6. The minimum atomic E-state index is -0.526. The minimum Gasteiger partial charge on any atom is -0.494 e. The van der Waals surface area contributed by atoms with Gasteiger partial charge in [0.25, 0.3) is 5.56 Å². The molecular weight excluding hydrogens is 306 g/mol. The summed E-state index contributed by atoms with van der Waals surface area (Å²) in [7, 11) is 4.96. The molecule has 2 heterocycles. The van der Waals surface area contributed by atoms with Crippen molar-refractivity contribution in [3.8, 4) is 5.88 Å². The Morgan fingerprint density at radius 2 is 1.79 bits per heavy atom. The van der Waals surface area contributed by atoms with Crippen LogP contribution in [0.3, 0.4) is 0 Å². The number of hydrogen-bond acceptors (Lipinski definition) is 3. The molecule has 3 rings (SSSR count). The zero-order valence-electron chi connectivity index (χ0n) is 14.8. The number of nitrogens with zero attached hydrogens (tertiary/aromatic N) is 2. The molecule has 0 bridgehead atoms. The molecule has 0 fully saturated rings. The van der Waals surface area contributed by atoms with E-state index in [-0.39, 0.29) is 23.0 Å². The third-order valence-electron chi connectivity index (χ3n) is 5.46. The molecule has 1 aliphatic rings. The van der Waals surface area contributed by atoms with E-state index in [0.29, 0.717) is 0 Å². The van der Waals surface area contributed by atoms with Gasteiger partial charge in [-0.25, -0.2) is 4.79 Å².